The van der Waals surface area contributed by atoms with Crippen molar-refractivity contribution < 1.29 is 9.53 Å². The van der Waals surface area contributed by atoms with Gasteiger partial charge in [0.1, 0.15) is 6.29 Å². The Morgan fingerprint density at radius 2 is 1.74 bits per heavy atom. The van der Waals surface area contributed by atoms with Crippen LogP contribution in [0, 0.1) is 46.3 Å². The quantitative estimate of drug-likeness (QED) is 0.530. The monoisotopic (exact) mass is 374 g/mol. The molecule has 0 radical (unpaired) electrons. The number of methoxy groups -OCH3 is 1. The summed E-state index contributed by atoms with van der Waals surface area (Å²) in [5.74, 6) is 5.32. The van der Waals surface area contributed by atoms with Crippen molar-refractivity contribution >= 4 is 6.29 Å². The molecule has 2 nitrogen and oxygen atoms in total. The van der Waals surface area contributed by atoms with Crippen LogP contribution in [0.2, 0.25) is 0 Å². The Morgan fingerprint density at radius 1 is 1.00 bits per heavy atom. The SMILES string of the molecule is CO[C@@H]1CC[C@@]2(C)C(CCC3C2CC[C@@]2(C)C3CCC2[C@H](C)CCC=O)C1. The third kappa shape index (κ3) is 3.13. The van der Waals surface area contributed by atoms with Crippen molar-refractivity contribution in [1.82, 2.24) is 0 Å². The van der Waals surface area contributed by atoms with Crippen LogP contribution in [0.4, 0.5) is 0 Å². The van der Waals surface area contributed by atoms with Crippen LogP contribution in [0.1, 0.15) is 91.4 Å². The van der Waals surface area contributed by atoms with Gasteiger partial charge in [-0.15, -0.1) is 0 Å². The minimum Gasteiger partial charge on any atom is -0.381 e. The maximum absolute atomic E-state index is 10.9. The molecule has 4 rings (SSSR count). The lowest BCUT2D eigenvalue weighted by atomic mass is 9.44. The number of aldehydes is 1. The molecular weight excluding hydrogens is 332 g/mol. The second-order valence-electron chi connectivity index (χ2n) is 11.2. The molecule has 2 heteroatoms. The Bertz CT molecular complexity index is 544. The van der Waals surface area contributed by atoms with Gasteiger partial charge in [-0.1, -0.05) is 20.8 Å². The Balaban J connectivity index is 1.51. The second-order valence-corrected chi connectivity index (χ2v) is 11.2. The summed E-state index contributed by atoms with van der Waals surface area (Å²) in [6.07, 6.45) is 16.1. The molecule has 0 bridgehead atoms. The number of fused-ring (bicyclic) bond motifs is 5. The summed E-state index contributed by atoms with van der Waals surface area (Å²) in [4.78, 5) is 10.9. The molecule has 0 aromatic heterocycles. The van der Waals surface area contributed by atoms with E-state index in [0.717, 1.165) is 48.7 Å². The van der Waals surface area contributed by atoms with E-state index >= 15 is 0 Å². The summed E-state index contributed by atoms with van der Waals surface area (Å²) in [6.45, 7) is 7.72. The third-order valence-corrected chi connectivity index (χ3v) is 10.5. The van der Waals surface area contributed by atoms with E-state index in [-0.39, 0.29) is 0 Å². The average Bonchev–Trinajstić information content (AvgIpc) is 3.02. The van der Waals surface area contributed by atoms with E-state index in [4.69, 9.17) is 4.74 Å². The minimum absolute atomic E-state index is 0.517. The van der Waals surface area contributed by atoms with E-state index in [2.05, 4.69) is 20.8 Å². The Hall–Kier alpha value is -0.370. The van der Waals surface area contributed by atoms with Gasteiger partial charge in [0.15, 0.2) is 0 Å². The van der Waals surface area contributed by atoms with Crippen LogP contribution >= 0.6 is 0 Å². The van der Waals surface area contributed by atoms with Gasteiger partial charge in [0, 0.05) is 13.5 Å². The van der Waals surface area contributed by atoms with Gasteiger partial charge in [-0.2, -0.15) is 0 Å². The zero-order valence-corrected chi connectivity index (χ0v) is 18.2. The fourth-order valence-electron chi connectivity index (χ4n) is 8.94. The minimum atomic E-state index is 0.517. The second kappa shape index (κ2) is 7.47. The van der Waals surface area contributed by atoms with Crippen molar-refractivity contribution in [3.8, 4) is 0 Å². The van der Waals surface area contributed by atoms with Gasteiger partial charge in [-0.05, 0) is 111 Å². The van der Waals surface area contributed by atoms with E-state index < -0.39 is 0 Å². The predicted octanol–water partition coefficient (Wildman–Crippen LogP) is 6.28. The number of ether oxygens (including phenoxy) is 1. The number of carbonyl (C=O) groups excluding carboxylic acids is 1. The van der Waals surface area contributed by atoms with Gasteiger partial charge < -0.3 is 9.53 Å². The lowest BCUT2D eigenvalue weighted by Gasteiger charge is -2.61. The van der Waals surface area contributed by atoms with Gasteiger partial charge >= 0.3 is 0 Å². The van der Waals surface area contributed by atoms with Crippen LogP contribution in [0.5, 0.6) is 0 Å². The number of hydrogen-bond acceptors (Lipinski definition) is 2. The molecule has 9 atom stereocenters. The largest absolute Gasteiger partial charge is 0.381 e. The summed E-state index contributed by atoms with van der Waals surface area (Å²) < 4.78 is 5.75. The van der Waals surface area contributed by atoms with E-state index in [1.54, 1.807) is 0 Å². The Labute approximate surface area is 167 Å². The first-order chi connectivity index (χ1) is 12.9. The number of carbonyl (C=O) groups is 1. The molecule has 0 N–H and O–H groups in total. The molecule has 0 aromatic rings. The zero-order valence-electron chi connectivity index (χ0n) is 18.2. The van der Waals surface area contributed by atoms with Crippen molar-refractivity contribution in [3.05, 3.63) is 0 Å². The van der Waals surface area contributed by atoms with Crippen molar-refractivity contribution in [3.63, 3.8) is 0 Å². The molecule has 0 saturated heterocycles. The summed E-state index contributed by atoms with van der Waals surface area (Å²) in [6, 6.07) is 0. The van der Waals surface area contributed by atoms with Gasteiger partial charge in [0.05, 0.1) is 6.10 Å². The molecule has 0 spiro atoms. The molecule has 154 valence electrons. The topological polar surface area (TPSA) is 26.3 Å². The normalized spacial score (nSPS) is 50.4. The van der Waals surface area contributed by atoms with Crippen LogP contribution in [-0.4, -0.2) is 19.5 Å². The van der Waals surface area contributed by atoms with Crippen LogP contribution in [0.15, 0.2) is 0 Å². The summed E-state index contributed by atoms with van der Waals surface area (Å²) in [5, 5.41) is 0. The maximum atomic E-state index is 10.9. The maximum Gasteiger partial charge on any atom is 0.120 e. The van der Waals surface area contributed by atoms with Crippen molar-refractivity contribution in [2.24, 2.45) is 46.3 Å². The van der Waals surface area contributed by atoms with Gasteiger partial charge in [-0.25, -0.2) is 0 Å². The Kier molecular flexibility index (Phi) is 5.51. The average molecular weight is 375 g/mol. The van der Waals surface area contributed by atoms with Crippen LogP contribution in [-0.2, 0) is 9.53 Å². The third-order valence-electron chi connectivity index (χ3n) is 10.5. The number of hydrogen-bond donors (Lipinski definition) is 0. The molecule has 4 aliphatic rings. The van der Waals surface area contributed by atoms with E-state index in [9.17, 15) is 4.79 Å². The first-order valence-electron chi connectivity index (χ1n) is 11.9. The van der Waals surface area contributed by atoms with Crippen LogP contribution in [0.25, 0.3) is 0 Å². The molecule has 0 aromatic carbocycles. The van der Waals surface area contributed by atoms with Crippen molar-refractivity contribution in [2.45, 2.75) is 97.5 Å². The van der Waals surface area contributed by atoms with Crippen molar-refractivity contribution in [2.75, 3.05) is 7.11 Å². The Morgan fingerprint density at radius 3 is 2.48 bits per heavy atom. The zero-order chi connectivity index (χ0) is 19.2. The van der Waals surface area contributed by atoms with Gasteiger partial charge in [-0.3, -0.25) is 0 Å². The molecule has 4 aliphatic carbocycles. The lowest BCUT2D eigenvalue weighted by molar-refractivity contribution is -0.133. The standard InChI is InChI=1S/C25H42O2/c1-17(6-5-15-26)21-9-10-22-20-8-7-18-16-19(27-4)11-13-24(18,2)23(20)12-14-25(21,22)3/h15,17-23H,5-14,16H2,1-4H3/t17-,18?,19-,20?,21?,22?,23?,24+,25-/m1/s1. The summed E-state index contributed by atoms with van der Waals surface area (Å²) in [5.41, 5.74) is 1.11. The van der Waals surface area contributed by atoms with Gasteiger partial charge in [0.2, 0.25) is 0 Å². The first-order valence-corrected chi connectivity index (χ1v) is 11.9. The summed E-state index contributed by atoms with van der Waals surface area (Å²) in [7, 11) is 1.91. The highest BCUT2D eigenvalue weighted by Gasteiger charge is 2.60. The van der Waals surface area contributed by atoms with Crippen LogP contribution < -0.4 is 0 Å². The van der Waals surface area contributed by atoms with Crippen molar-refractivity contribution in [1.29, 1.82) is 0 Å². The summed E-state index contributed by atoms with van der Waals surface area (Å²) >= 11 is 0. The van der Waals surface area contributed by atoms with E-state index in [0.29, 0.717) is 22.9 Å². The predicted molar refractivity (Wildman–Crippen MR) is 110 cm³/mol. The highest BCUT2D eigenvalue weighted by atomic mass is 16.5. The highest BCUT2D eigenvalue weighted by molar-refractivity contribution is 5.49. The fourth-order valence-corrected chi connectivity index (χ4v) is 8.94. The molecule has 0 amide bonds. The molecule has 0 aliphatic heterocycles. The fraction of sp³-hybridized carbons (Fsp3) is 0.960. The molecule has 27 heavy (non-hydrogen) atoms. The highest BCUT2D eigenvalue weighted by Crippen LogP contribution is 2.68. The first kappa shape index (κ1) is 19.9. The van der Waals surface area contributed by atoms with Gasteiger partial charge in [0.25, 0.3) is 0 Å². The molecule has 0 heterocycles. The molecular formula is C25H42O2. The molecule has 4 fully saturated rings. The number of rotatable bonds is 5. The van der Waals surface area contributed by atoms with E-state index in [1.807, 2.05) is 7.11 Å². The van der Waals surface area contributed by atoms with E-state index in [1.165, 1.54) is 57.8 Å². The molecule has 4 saturated carbocycles. The molecule has 5 unspecified atom stereocenters. The van der Waals surface area contributed by atoms with Crippen LogP contribution in [0.3, 0.4) is 0 Å². The smallest absolute Gasteiger partial charge is 0.120 e. The lowest BCUT2D eigenvalue weighted by Crippen LogP contribution is -2.54.